The van der Waals surface area contributed by atoms with Crippen molar-refractivity contribution in [3.63, 3.8) is 0 Å². The molecule has 1 aliphatic carbocycles. The molecule has 1 N–H and O–H groups in total. The van der Waals surface area contributed by atoms with Crippen LogP contribution in [0.3, 0.4) is 0 Å². The Morgan fingerprint density at radius 1 is 1.25 bits per heavy atom. The van der Waals surface area contributed by atoms with Crippen molar-refractivity contribution in [3.8, 4) is 5.69 Å². The lowest BCUT2D eigenvalue weighted by molar-refractivity contribution is 0.260. The van der Waals surface area contributed by atoms with E-state index >= 15 is 0 Å². The molecule has 1 unspecified atom stereocenters. The highest BCUT2D eigenvalue weighted by molar-refractivity contribution is 5.39. The van der Waals surface area contributed by atoms with Gasteiger partial charge in [0, 0.05) is 17.3 Å². The molecule has 0 spiro atoms. The van der Waals surface area contributed by atoms with Gasteiger partial charge in [-0.3, -0.25) is 0 Å². The zero-order chi connectivity index (χ0) is 14.3. The van der Waals surface area contributed by atoms with Gasteiger partial charge in [0.25, 0.3) is 0 Å². The number of nitrogens with one attached hydrogen (secondary N) is 1. The first-order chi connectivity index (χ1) is 9.50. The summed E-state index contributed by atoms with van der Waals surface area (Å²) < 4.78 is 2.11. The molecule has 0 bridgehead atoms. The van der Waals surface area contributed by atoms with E-state index in [0.717, 1.165) is 18.5 Å². The van der Waals surface area contributed by atoms with Crippen molar-refractivity contribution in [2.24, 2.45) is 5.41 Å². The van der Waals surface area contributed by atoms with Gasteiger partial charge in [-0.05, 0) is 44.4 Å². The summed E-state index contributed by atoms with van der Waals surface area (Å²) >= 11 is 0. The zero-order valence-electron chi connectivity index (χ0n) is 12.8. The van der Waals surface area contributed by atoms with Crippen LogP contribution in [0.25, 0.3) is 5.69 Å². The van der Waals surface area contributed by atoms with Crippen LogP contribution in [0.4, 0.5) is 0 Å². The number of aryl methyl sites for hydroxylation is 1. The maximum absolute atomic E-state index is 4.64. The van der Waals surface area contributed by atoms with Crippen LogP contribution in [0, 0.1) is 12.3 Å². The number of nitrogens with zero attached hydrogens (tertiary/aromatic N) is 2. The van der Waals surface area contributed by atoms with Crippen LogP contribution in [0.5, 0.6) is 0 Å². The highest BCUT2D eigenvalue weighted by Crippen LogP contribution is 2.41. The fourth-order valence-corrected chi connectivity index (χ4v) is 3.21. The second kappa shape index (κ2) is 4.74. The van der Waals surface area contributed by atoms with Crippen LogP contribution < -0.4 is 5.32 Å². The molecule has 0 saturated heterocycles. The predicted molar refractivity (Wildman–Crippen MR) is 82.2 cm³/mol. The van der Waals surface area contributed by atoms with Gasteiger partial charge in [0.15, 0.2) is 0 Å². The summed E-state index contributed by atoms with van der Waals surface area (Å²) in [5, 5.41) is 8.07. The molecule has 0 saturated carbocycles. The Bertz CT molecular complexity index is 608. The molecular formula is C17H23N3. The molecule has 3 heteroatoms. The lowest BCUT2D eigenvalue weighted by atomic mass is 9.74. The van der Waals surface area contributed by atoms with Crippen molar-refractivity contribution < 1.29 is 0 Å². The normalized spacial score (nSPS) is 20.7. The summed E-state index contributed by atoms with van der Waals surface area (Å²) in [6.45, 7) is 6.79. The van der Waals surface area contributed by atoms with E-state index in [9.17, 15) is 0 Å². The van der Waals surface area contributed by atoms with E-state index in [1.165, 1.54) is 16.8 Å². The van der Waals surface area contributed by atoms with Gasteiger partial charge in [0.1, 0.15) is 0 Å². The summed E-state index contributed by atoms with van der Waals surface area (Å²) in [4.78, 5) is 0. The predicted octanol–water partition coefficient (Wildman–Crippen LogP) is 3.41. The number of hydrogen-bond donors (Lipinski definition) is 1. The number of rotatable bonds is 2. The van der Waals surface area contributed by atoms with Crippen LogP contribution in [-0.4, -0.2) is 16.8 Å². The molecule has 0 fully saturated rings. The minimum absolute atomic E-state index is 0.309. The van der Waals surface area contributed by atoms with Crippen LogP contribution >= 0.6 is 0 Å². The topological polar surface area (TPSA) is 29.9 Å². The zero-order valence-corrected chi connectivity index (χ0v) is 12.8. The van der Waals surface area contributed by atoms with Crippen LogP contribution in [0.1, 0.15) is 43.1 Å². The molecule has 0 aliphatic heterocycles. The second-order valence-corrected chi connectivity index (χ2v) is 6.68. The summed E-state index contributed by atoms with van der Waals surface area (Å²) in [7, 11) is 2.04. The lowest BCUT2D eigenvalue weighted by Gasteiger charge is -2.35. The first-order valence-corrected chi connectivity index (χ1v) is 7.31. The molecule has 106 valence electrons. The van der Waals surface area contributed by atoms with Crippen molar-refractivity contribution in [2.75, 3.05) is 7.05 Å². The smallest absolute Gasteiger partial charge is 0.0649 e. The molecule has 1 aromatic heterocycles. The van der Waals surface area contributed by atoms with Gasteiger partial charge in [0.2, 0.25) is 0 Å². The average Bonchev–Trinajstić information content (AvgIpc) is 2.81. The minimum Gasteiger partial charge on any atom is -0.313 e. The Labute approximate surface area is 121 Å². The van der Waals surface area contributed by atoms with Gasteiger partial charge in [-0.25, -0.2) is 4.68 Å². The van der Waals surface area contributed by atoms with E-state index in [4.69, 9.17) is 0 Å². The molecule has 1 heterocycles. The molecule has 1 aromatic carbocycles. The first-order valence-electron chi connectivity index (χ1n) is 7.31. The monoisotopic (exact) mass is 269 g/mol. The van der Waals surface area contributed by atoms with Gasteiger partial charge in [-0.15, -0.1) is 0 Å². The second-order valence-electron chi connectivity index (χ2n) is 6.68. The fourth-order valence-electron chi connectivity index (χ4n) is 3.21. The van der Waals surface area contributed by atoms with E-state index in [-0.39, 0.29) is 0 Å². The highest BCUT2D eigenvalue weighted by atomic mass is 15.3. The molecule has 1 aliphatic rings. The fraction of sp³-hybridized carbons (Fsp3) is 0.471. The van der Waals surface area contributed by atoms with Crippen LogP contribution in [-0.2, 0) is 6.42 Å². The Hall–Kier alpha value is -1.61. The first kappa shape index (κ1) is 13.4. The third-order valence-electron chi connectivity index (χ3n) is 4.31. The van der Waals surface area contributed by atoms with Crippen molar-refractivity contribution in [2.45, 2.75) is 39.7 Å². The number of aromatic nitrogens is 2. The molecule has 1 atom stereocenters. The van der Waals surface area contributed by atoms with E-state index in [0.29, 0.717) is 11.5 Å². The van der Waals surface area contributed by atoms with Gasteiger partial charge < -0.3 is 5.32 Å². The standard InChI is InChI=1S/C17H23N3/c1-12-5-7-13(8-6-12)20-16-10-17(2,3)9-15(18-4)14(16)11-19-20/h5-8,11,15,18H,9-10H2,1-4H3. The van der Waals surface area contributed by atoms with Crippen molar-refractivity contribution in [3.05, 3.63) is 47.3 Å². The van der Waals surface area contributed by atoms with Crippen LogP contribution in [0.2, 0.25) is 0 Å². The Morgan fingerprint density at radius 3 is 2.60 bits per heavy atom. The molecule has 20 heavy (non-hydrogen) atoms. The minimum atomic E-state index is 0.309. The summed E-state index contributed by atoms with van der Waals surface area (Å²) in [6.07, 6.45) is 4.27. The maximum Gasteiger partial charge on any atom is 0.0649 e. The molecule has 0 amide bonds. The third-order valence-corrected chi connectivity index (χ3v) is 4.31. The largest absolute Gasteiger partial charge is 0.313 e. The average molecular weight is 269 g/mol. The third kappa shape index (κ3) is 2.27. The van der Waals surface area contributed by atoms with Gasteiger partial charge in [-0.1, -0.05) is 31.5 Å². The van der Waals surface area contributed by atoms with Crippen molar-refractivity contribution in [1.82, 2.24) is 15.1 Å². The van der Waals surface area contributed by atoms with E-state index in [2.05, 4.69) is 60.1 Å². The lowest BCUT2D eigenvalue weighted by Crippen LogP contribution is -2.32. The van der Waals surface area contributed by atoms with E-state index in [1.54, 1.807) is 0 Å². The molecule has 3 rings (SSSR count). The van der Waals surface area contributed by atoms with Gasteiger partial charge >= 0.3 is 0 Å². The molecule has 0 radical (unpaired) electrons. The molecule has 2 aromatic rings. The SMILES string of the molecule is CNC1CC(C)(C)Cc2c1cnn2-c1ccc(C)cc1. The summed E-state index contributed by atoms with van der Waals surface area (Å²) in [5.74, 6) is 0. The summed E-state index contributed by atoms with van der Waals surface area (Å²) in [6, 6.07) is 9.00. The number of hydrogen-bond acceptors (Lipinski definition) is 2. The molecular weight excluding hydrogens is 246 g/mol. The van der Waals surface area contributed by atoms with E-state index < -0.39 is 0 Å². The van der Waals surface area contributed by atoms with Crippen molar-refractivity contribution >= 4 is 0 Å². The Balaban J connectivity index is 2.08. The Kier molecular flexibility index (Phi) is 3.17. The van der Waals surface area contributed by atoms with E-state index in [1.807, 2.05) is 13.2 Å². The number of fused-ring (bicyclic) bond motifs is 1. The van der Waals surface area contributed by atoms with Crippen molar-refractivity contribution in [1.29, 1.82) is 0 Å². The van der Waals surface area contributed by atoms with Gasteiger partial charge in [-0.2, -0.15) is 5.10 Å². The quantitative estimate of drug-likeness (QED) is 0.905. The van der Waals surface area contributed by atoms with Crippen LogP contribution in [0.15, 0.2) is 30.5 Å². The Morgan fingerprint density at radius 2 is 1.95 bits per heavy atom. The summed E-state index contributed by atoms with van der Waals surface area (Å²) in [5.41, 5.74) is 5.45. The maximum atomic E-state index is 4.64. The molecule has 3 nitrogen and oxygen atoms in total. The number of benzene rings is 1. The van der Waals surface area contributed by atoms with Gasteiger partial charge in [0.05, 0.1) is 11.9 Å². The highest BCUT2D eigenvalue weighted by Gasteiger charge is 2.34.